The molecule has 2 fully saturated rings. The van der Waals surface area contributed by atoms with Crippen LogP contribution in [0.15, 0.2) is 0 Å². The minimum absolute atomic E-state index is 0.0277. The van der Waals surface area contributed by atoms with E-state index in [0.29, 0.717) is 19.5 Å². The number of aliphatic hydroxyl groups is 1. The lowest BCUT2D eigenvalue weighted by Gasteiger charge is -2.30. The van der Waals surface area contributed by atoms with Gasteiger partial charge in [-0.15, -0.1) is 0 Å². The maximum Gasteiger partial charge on any atom is 0.239 e. The van der Waals surface area contributed by atoms with Crippen LogP contribution in [-0.2, 0) is 9.59 Å². The number of aliphatic hydroxyl groups excluding tert-OH is 1. The second-order valence-electron chi connectivity index (χ2n) is 5.08. The van der Waals surface area contributed by atoms with Crippen molar-refractivity contribution in [3.8, 4) is 0 Å². The van der Waals surface area contributed by atoms with Crippen molar-refractivity contribution in [3.63, 3.8) is 0 Å². The highest BCUT2D eigenvalue weighted by molar-refractivity contribution is 5.86. The van der Waals surface area contributed by atoms with Gasteiger partial charge in [0, 0.05) is 19.1 Å². The molecular formula is C12H21N3O3. The van der Waals surface area contributed by atoms with Crippen LogP contribution in [0.1, 0.15) is 25.7 Å². The average Bonchev–Trinajstić information content (AvgIpc) is 2.32. The molecule has 6 heteroatoms. The fraction of sp³-hybridized carbons (Fsp3) is 0.833. The second kappa shape index (κ2) is 6.15. The summed E-state index contributed by atoms with van der Waals surface area (Å²) in [5.74, 6) is -0.149. The van der Waals surface area contributed by atoms with E-state index in [1.54, 1.807) is 4.90 Å². The van der Waals surface area contributed by atoms with Crippen LogP contribution in [0.3, 0.4) is 0 Å². The zero-order valence-corrected chi connectivity index (χ0v) is 10.5. The number of nitrogens with zero attached hydrogens (tertiary/aromatic N) is 1. The molecule has 2 aliphatic rings. The van der Waals surface area contributed by atoms with E-state index >= 15 is 0 Å². The topological polar surface area (TPSA) is 81.7 Å². The molecule has 2 amide bonds. The van der Waals surface area contributed by atoms with E-state index in [9.17, 15) is 14.7 Å². The molecule has 0 aromatic rings. The Bertz CT molecular complexity index is 322. The van der Waals surface area contributed by atoms with Crippen molar-refractivity contribution in [1.82, 2.24) is 15.5 Å². The highest BCUT2D eigenvalue weighted by Gasteiger charge is 2.24. The van der Waals surface area contributed by atoms with Crippen LogP contribution in [0.2, 0.25) is 0 Å². The van der Waals surface area contributed by atoms with Gasteiger partial charge in [0.25, 0.3) is 0 Å². The van der Waals surface area contributed by atoms with Crippen molar-refractivity contribution in [3.05, 3.63) is 0 Å². The molecule has 3 N–H and O–H groups in total. The maximum atomic E-state index is 11.8. The van der Waals surface area contributed by atoms with Gasteiger partial charge in [0.2, 0.25) is 11.8 Å². The highest BCUT2D eigenvalue weighted by Crippen LogP contribution is 2.18. The molecule has 0 spiro atoms. The number of carbonyl (C=O) groups excluding carboxylic acids is 2. The Morgan fingerprint density at radius 1 is 1.50 bits per heavy atom. The van der Waals surface area contributed by atoms with E-state index in [2.05, 4.69) is 10.6 Å². The summed E-state index contributed by atoms with van der Waals surface area (Å²) >= 11 is 0. The van der Waals surface area contributed by atoms with Crippen molar-refractivity contribution in [2.24, 2.45) is 0 Å². The number of nitrogens with one attached hydrogen (secondary N) is 2. The summed E-state index contributed by atoms with van der Waals surface area (Å²) in [5.41, 5.74) is 0. The summed E-state index contributed by atoms with van der Waals surface area (Å²) in [6.07, 6.45) is 3.01. The molecule has 18 heavy (non-hydrogen) atoms. The molecule has 0 aromatic heterocycles. The molecule has 0 bridgehead atoms. The Balaban J connectivity index is 1.75. The van der Waals surface area contributed by atoms with E-state index in [1.165, 1.54) is 0 Å². The van der Waals surface area contributed by atoms with Gasteiger partial charge < -0.3 is 20.6 Å². The zero-order chi connectivity index (χ0) is 13.0. The number of piperazine rings is 1. The van der Waals surface area contributed by atoms with Gasteiger partial charge in [0.15, 0.2) is 0 Å². The van der Waals surface area contributed by atoms with Crippen LogP contribution in [0.25, 0.3) is 0 Å². The molecule has 0 radical (unpaired) electrons. The first kappa shape index (κ1) is 13.3. The van der Waals surface area contributed by atoms with Gasteiger partial charge in [-0.2, -0.15) is 0 Å². The fourth-order valence-electron chi connectivity index (χ4n) is 2.55. The predicted octanol–water partition coefficient (Wildman–Crippen LogP) is -1.16. The Kier molecular flexibility index (Phi) is 4.54. The molecule has 2 atom stereocenters. The van der Waals surface area contributed by atoms with Crippen molar-refractivity contribution >= 4 is 11.8 Å². The number of hydrogen-bond donors (Lipinski definition) is 3. The van der Waals surface area contributed by atoms with Crippen LogP contribution >= 0.6 is 0 Å². The minimum atomic E-state index is -0.301. The standard InChI is InChI=1S/C12H21N3O3/c16-10-3-1-2-9(6-10)14-11(17)8-15-5-4-13-7-12(15)18/h9-10,13,16H,1-8H2,(H,14,17). The summed E-state index contributed by atoms with van der Waals surface area (Å²) in [4.78, 5) is 24.9. The van der Waals surface area contributed by atoms with Gasteiger partial charge in [0.1, 0.15) is 0 Å². The third kappa shape index (κ3) is 3.68. The van der Waals surface area contributed by atoms with Crippen molar-refractivity contribution in [2.75, 3.05) is 26.2 Å². The number of hydrogen-bond acceptors (Lipinski definition) is 4. The lowest BCUT2D eigenvalue weighted by atomic mass is 9.93. The first-order valence-electron chi connectivity index (χ1n) is 6.61. The quantitative estimate of drug-likeness (QED) is 0.594. The zero-order valence-electron chi connectivity index (χ0n) is 10.5. The van der Waals surface area contributed by atoms with Gasteiger partial charge in [-0.1, -0.05) is 0 Å². The first-order chi connectivity index (χ1) is 8.65. The van der Waals surface area contributed by atoms with E-state index in [4.69, 9.17) is 0 Å². The normalized spacial score (nSPS) is 29.2. The van der Waals surface area contributed by atoms with Crippen LogP contribution < -0.4 is 10.6 Å². The number of carbonyl (C=O) groups is 2. The summed E-state index contributed by atoms with van der Waals surface area (Å²) in [6, 6.07) is 0.0549. The number of amides is 2. The van der Waals surface area contributed by atoms with Crippen LogP contribution in [0, 0.1) is 0 Å². The second-order valence-corrected chi connectivity index (χ2v) is 5.08. The molecule has 6 nitrogen and oxygen atoms in total. The van der Waals surface area contributed by atoms with Gasteiger partial charge >= 0.3 is 0 Å². The van der Waals surface area contributed by atoms with Gasteiger partial charge in [0.05, 0.1) is 19.2 Å². The number of rotatable bonds is 3. The van der Waals surface area contributed by atoms with E-state index in [1.807, 2.05) is 0 Å². The van der Waals surface area contributed by atoms with Crippen LogP contribution in [0.4, 0.5) is 0 Å². The van der Waals surface area contributed by atoms with E-state index in [-0.39, 0.29) is 30.5 Å². The first-order valence-corrected chi connectivity index (χ1v) is 6.61. The molecule has 1 saturated heterocycles. The Morgan fingerprint density at radius 2 is 2.33 bits per heavy atom. The third-order valence-electron chi connectivity index (χ3n) is 3.53. The minimum Gasteiger partial charge on any atom is -0.393 e. The van der Waals surface area contributed by atoms with Crippen molar-refractivity contribution in [2.45, 2.75) is 37.8 Å². The van der Waals surface area contributed by atoms with Gasteiger partial charge in [-0.3, -0.25) is 9.59 Å². The lowest BCUT2D eigenvalue weighted by Crippen LogP contribution is -2.52. The monoisotopic (exact) mass is 255 g/mol. The largest absolute Gasteiger partial charge is 0.393 e. The fourth-order valence-corrected chi connectivity index (χ4v) is 2.55. The summed E-state index contributed by atoms with van der Waals surface area (Å²) in [6.45, 7) is 1.77. The van der Waals surface area contributed by atoms with Gasteiger partial charge in [-0.25, -0.2) is 0 Å². The van der Waals surface area contributed by atoms with E-state index in [0.717, 1.165) is 25.8 Å². The Morgan fingerprint density at radius 3 is 3.06 bits per heavy atom. The molecule has 2 rings (SSSR count). The molecule has 2 unspecified atom stereocenters. The summed E-state index contributed by atoms with van der Waals surface area (Å²) in [7, 11) is 0. The molecule has 1 heterocycles. The molecule has 1 aliphatic heterocycles. The van der Waals surface area contributed by atoms with E-state index < -0.39 is 0 Å². The summed E-state index contributed by atoms with van der Waals surface area (Å²) in [5, 5.41) is 15.4. The van der Waals surface area contributed by atoms with Crippen molar-refractivity contribution < 1.29 is 14.7 Å². The smallest absolute Gasteiger partial charge is 0.239 e. The predicted molar refractivity (Wildman–Crippen MR) is 65.9 cm³/mol. The average molecular weight is 255 g/mol. The Hall–Kier alpha value is -1.14. The summed E-state index contributed by atoms with van der Waals surface area (Å²) < 4.78 is 0. The van der Waals surface area contributed by atoms with Crippen LogP contribution in [-0.4, -0.2) is 60.1 Å². The molecule has 1 saturated carbocycles. The van der Waals surface area contributed by atoms with Crippen LogP contribution in [0.5, 0.6) is 0 Å². The maximum absolute atomic E-state index is 11.8. The third-order valence-corrected chi connectivity index (χ3v) is 3.53. The molecule has 102 valence electrons. The molecular weight excluding hydrogens is 234 g/mol. The highest BCUT2D eigenvalue weighted by atomic mass is 16.3. The SMILES string of the molecule is O=C(CN1CCNCC1=O)NC1CCCC(O)C1. The molecule has 0 aromatic carbocycles. The van der Waals surface area contributed by atoms with Crippen molar-refractivity contribution in [1.29, 1.82) is 0 Å². The molecule has 1 aliphatic carbocycles. The van der Waals surface area contributed by atoms with Gasteiger partial charge in [-0.05, 0) is 25.7 Å². The lowest BCUT2D eigenvalue weighted by molar-refractivity contribution is -0.137. The Labute approximate surface area is 107 Å².